The highest BCUT2D eigenvalue weighted by molar-refractivity contribution is 7.93. The number of carbonyl (C=O) groups excluding carboxylic acids is 2. The molecule has 28 heavy (non-hydrogen) atoms. The van der Waals surface area contributed by atoms with Crippen LogP contribution in [0.5, 0.6) is 0 Å². The van der Waals surface area contributed by atoms with Crippen molar-refractivity contribution in [1.29, 1.82) is 0 Å². The SMILES string of the molecule is NC(=O)c1ccc(NC(=O)CN(c2nccs2)S(=O)(=O)c2ccccc2)cc1. The minimum Gasteiger partial charge on any atom is -0.366 e. The molecule has 10 heteroatoms. The number of carbonyl (C=O) groups is 2. The van der Waals surface area contributed by atoms with Crippen molar-refractivity contribution in [1.82, 2.24) is 4.98 Å². The number of amides is 2. The van der Waals surface area contributed by atoms with Gasteiger partial charge >= 0.3 is 0 Å². The maximum Gasteiger partial charge on any atom is 0.266 e. The highest BCUT2D eigenvalue weighted by Gasteiger charge is 2.28. The molecule has 2 aromatic carbocycles. The molecule has 0 aliphatic heterocycles. The number of nitrogens with zero attached hydrogens (tertiary/aromatic N) is 2. The fourth-order valence-corrected chi connectivity index (χ4v) is 4.63. The fraction of sp³-hybridized carbons (Fsp3) is 0.0556. The van der Waals surface area contributed by atoms with E-state index in [1.807, 2.05) is 0 Å². The molecular formula is C18H16N4O4S2. The second-order valence-electron chi connectivity index (χ2n) is 5.63. The van der Waals surface area contributed by atoms with Crippen molar-refractivity contribution in [2.45, 2.75) is 4.90 Å². The standard InChI is InChI=1S/C18H16N4O4S2/c19-17(24)13-6-8-14(9-7-13)21-16(23)12-22(18-20-10-11-27-18)28(25,26)15-4-2-1-3-5-15/h1-11H,12H2,(H2,19,24)(H,21,23). The summed E-state index contributed by atoms with van der Waals surface area (Å²) in [7, 11) is -3.97. The highest BCUT2D eigenvalue weighted by Crippen LogP contribution is 2.25. The van der Waals surface area contributed by atoms with Crippen LogP contribution in [0.1, 0.15) is 10.4 Å². The number of thiazole rings is 1. The summed E-state index contributed by atoms with van der Waals surface area (Å²) in [4.78, 5) is 27.7. The Bertz CT molecular complexity index is 1070. The molecule has 1 heterocycles. The summed E-state index contributed by atoms with van der Waals surface area (Å²) in [6.45, 7) is -0.456. The van der Waals surface area contributed by atoms with E-state index in [1.165, 1.54) is 42.6 Å². The van der Waals surface area contributed by atoms with Crippen LogP contribution in [0.4, 0.5) is 10.8 Å². The quantitative estimate of drug-likeness (QED) is 0.610. The van der Waals surface area contributed by atoms with Crippen LogP contribution >= 0.6 is 11.3 Å². The predicted molar refractivity (Wildman–Crippen MR) is 107 cm³/mol. The van der Waals surface area contributed by atoms with Gasteiger partial charge < -0.3 is 11.1 Å². The molecule has 0 unspecified atom stereocenters. The zero-order chi connectivity index (χ0) is 20.1. The van der Waals surface area contributed by atoms with Gasteiger partial charge in [0.15, 0.2) is 5.13 Å². The lowest BCUT2D eigenvalue weighted by molar-refractivity contribution is -0.114. The van der Waals surface area contributed by atoms with Gasteiger partial charge in [0.1, 0.15) is 6.54 Å². The Morgan fingerprint density at radius 2 is 1.75 bits per heavy atom. The monoisotopic (exact) mass is 416 g/mol. The van der Waals surface area contributed by atoms with Gasteiger partial charge in [-0.15, -0.1) is 11.3 Å². The van der Waals surface area contributed by atoms with Crippen molar-refractivity contribution in [2.24, 2.45) is 5.73 Å². The average molecular weight is 416 g/mol. The summed E-state index contributed by atoms with van der Waals surface area (Å²) in [5, 5.41) is 4.42. The molecule has 8 nitrogen and oxygen atoms in total. The molecule has 0 atom stereocenters. The Morgan fingerprint density at radius 1 is 1.07 bits per heavy atom. The minimum absolute atomic E-state index is 0.0591. The van der Waals surface area contributed by atoms with Gasteiger partial charge in [0.25, 0.3) is 10.0 Å². The Kier molecular flexibility index (Phi) is 5.71. The van der Waals surface area contributed by atoms with Crippen LogP contribution < -0.4 is 15.4 Å². The molecule has 0 radical (unpaired) electrons. The first-order valence-electron chi connectivity index (χ1n) is 8.05. The molecule has 2 amide bonds. The Morgan fingerprint density at radius 3 is 2.32 bits per heavy atom. The van der Waals surface area contributed by atoms with Crippen LogP contribution in [0.15, 0.2) is 71.1 Å². The molecule has 3 rings (SSSR count). The number of rotatable bonds is 7. The summed E-state index contributed by atoms with van der Waals surface area (Å²) >= 11 is 1.11. The van der Waals surface area contributed by atoms with E-state index in [4.69, 9.17) is 5.73 Å². The van der Waals surface area contributed by atoms with Crippen LogP contribution in [0.2, 0.25) is 0 Å². The van der Waals surface area contributed by atoms with Crippen LogP contribution in [-0.2, 0) is 14.8 Å². The molecule has 0 fully saturated rings. The predicted octanol–water partition coefficient (Wildman–Crippen LogP) is 2.08. The first-order chi connectivity index (χ1) is 13.4. The number of nitrogens with two attached hydrogens (primary N) is 1. The van der Waals surface area contributed by atoms with E-state index in [1.54, 1.807) is 23.6 Å². The van der Waals surface area contributed by atoms with Gasteiger partial charge in [-0.3, -0.25) is 9.59 Å². The molecule has 3 aromatic rings. The van der Waals surface area contributed by atoms with Gasteiger partial charge in [-0.2, -0.15) is 0 Å². The minimum atomic E-state index is -3.97. The summed E-state index contributed by atoms with van der Waals surface area (Å²) in [6, 6.07) is 13.8. The van der Waals surface area contributed by atoms with Crippen LogP contribution in [-0.4, -0.2) is 31.8 Å². The van der Waals surface area contributed by atoms with E-state index in [0.717, 1.165) is 15.6 Å². The van der Waals surface area contributed by atoms with Crippen LogP contribution in [0.3, 0.4) is 0 Å². The smallest absolute Gasteiger partial charge is 0.266 e. The first-order valence-corrected chi connectivity index (χ1v) is 10.4. The second kappa shape index (κ2) is 8.19. The third-order valence-corrected chi connectivity index (χ3v) is 6.36. The number of sulfonamides is 1. The summed E-state index contributed by atoms with van der Waals surface area (Å²) in [6.07, 6.45) is 1.47. The fourth-order valence-electron chi connectivity index (χ4n) is 2.36. The number of hydrogen-bond donors (Lipinski definition) is 2. The number of aromatic nitrogens is 1. The van der Waals surface area contributed by atoms with E-state index in [0.29, 0.717) is 11.3 Å². The van der Waals surface area contributed by atoms with E-state index in [9.17, 15) is 18.0 Å². The molecule has 0 bridgehead atoms. The van der Waals surface area contributed by atoms with Crippen LogP contribution in [0.25, 0.3) is 0 Å². The summed E-state index contributed by atoms with van der Waals surface area (Å²) in [5.74, 6) is -1.14. The molecule has 1 aromatic heterocycles. The van der Waals surface area contributed by atoms with E-state index in [-0.39, 0.29) is 10.0 Å². The van der Waals surface area contributed by atoms with E-state index in [2.05, 4.69) is 10.3 Å². The Labute approximate surface area is 165 Å². The molecule has 0 saturated heterocycles. The van der Waals surface area contributed by atoms with E-state index < -0.39 is 28.4 Å². The number of benzene rings is 2. The Hall–Kier alpha value is -3.24. The molecule has 0 aliphatic rings. The number of nitrogens with one attached hydrogen (secondary N) is 1. The normalized spacial score (nSPS) is 11.0. The van der Waals surface area contributed by atoms with Gasteiger partial charge in [0, 0.05) is 22.8 Å². The van der Waals surface area contributed by atoms with Gasteiger partial charge in [0.2, 0.25) is 11.8 Å². The molecule has 144 valence electrons. The third kappa shape index (κ3) is 4.35. The van der Waals surface area contributed by atoms with Gasteiger partial charge in [0.05, 0.1) is 4.90 Å². The van der Waals surface area contributed by atoms with Gasteiger partial charge in [-0.05, 0) is 36.4 Å². The average Bonchev–Trinajstić information content (AvgIpc) is 3.21. The topological polar surface area (TPSA) is 122 Å². The summed E-state index contributed by atoms with van der Waals surface area (Å²) in [5.41, 5.74) is 5.89. The molecular weight excluding hydrogens is 400 g/mol. The summed E-state index contributed by atoms with van der Waals surface area (Å²) < 4.78 is 27.0. The Balaban J connectivity index is 1.82. The maximum atomic E-state index is 13.0. The number of hydrogen-bond acceptors (Lipinski definition) is 6. The molecule has 3 N–H and O–H groups in total. The zero-order valence-electron chi connectivity index (χ0n) is 14.5. The zero-order valence-corrected chi connectivity index (χ0v) is 16.1. The number of primary amides is 1. The lowest BCUT2D eigenvalue weighted by Gasteiger charge is -2.21. The lowest BCUT2D eigenvalue weighted by Crippen LogP contribution is -2.38. The van der Waals surface area contributed by atoms with E-state index >= 15 is 0 Å². The third-order valence-electron chi connectivity index (χ3n) is 3.70. The van der Waals surface area contributed by atoms with Crippen molar-refractivity contribution in [3.63, 3.8) is 0 Å². The molecule has 0 saturated carbocycles. The largest absolute Gasteiger partial charge is 0.366 e. The molecule has 0 aliphatic carbocycles. The van der Waals surface area contributed by atoms with Crippen molar-refractivity contribution >= 4 is 44.0 Å². The number of anilines is 2. The van der Waals surface area contributed by atoms with Gasteiger partial charge in [-0.25, -0.2) is 17.7 Å². The van der Waals surface area contributed by atoms with Crippen molar-refractivity contribution in [3.05, 3.63) is 71.7 Å². The highest BCUT2D eigenvalue weighted by atomic mass is 32.2. The van der Waals surface area contributed by atoms with Crippen molar-refractivity contribution < 1.29 is 18.0 Å². The van der Waals surface area contributed by atoms with Gasteiger partial charge in [-0.1, -0.05) is 18.2 Å². The lowest BCUT2D eigenvalue weighted by atomic mass is 10.2. The van der Waals surface area contributed by atoms with Crippen molar-refractivity contribution in [3.8, 4) is 0 Å². The van der Waals surface area contributed by atoms with Crippen LogP contribution in [0, 0.1) is 0 Å². The first kappa shape index (κ1) is 19.5. The van der Waals surface area contributed by atoms with Crippen molar-refractivity contribution in [2.75, 3.05) is 16.2 Å². The second-order valence-corrected chi connectivity index (χ2v) is 8.36. The maximum absolute atomic E-state index is 13.0. The molecule has 0 spiro atoms.